The van der Waals surface area contributed by atoms with Gasteiger partial charge in [-0.1, -0.05) is 167 Å². The summed E-state index contributed by atoms with van der Waals surface area (Å²) in [6.07, 6.45) is 0. The van der Waals surface area contributed by atoms with Crippen molar-refractivity contribution in [3.8, 4) is 39.1 Å². The van der Waals surface area contributed by atoms with E-state index in [1.807, 2.05) is 0 Å². The molecule has 0 atom stereocenters. The first-order valence-corrected chi connectivity index (χ1v) is 25.2. The highest BCUT2D eigenvalue weighted by Crippen LogP contribution is 2.57. The van der Waals surface area contributed by atoms with Crippen LogP contribution < -0.4 is 15.9 Å². The molecule has 4 nitrogen and oxygen atoms in total. The first-order chi connectivity index (χ1) is 33.4. The average molecular weight is 909 g/mol. The minimum absolute atomic E-state index is 0.00632. The van der Waals surface area contributed by atoms with Crippen LogP contribution >= 0.6 is 0 Å². The van der Waals surface area contributed by atoms with Crippen molar-refractivity contribution in [1.82, 2.24) is 4.57 Å². The molecule has 0 N–H and O–H groups in total. The zero-order valence-corrected chi connectivity index (χ0v) is 42.1. The lowest BCUT2D eigenvalue weighted by atomic mass is 9.46. The van der Waals surface area contributed by atoms with E-state index in [4.69, 9.17) is 8.83 Å². The second-order valence-electron chi connectivity index (χ2n) is 24.1. The summed E-state index contributed by atoms with van der Waals surface area (Å²) in [5, 5.41) is 5.75. The smallest absolute Gasteiger partial charge is 0.376 e. The molecule has 3 aliphatic rings. The maximum absolute atomic E-state index is 7.60. The Hall–Kier alpha value is -7.24. The highest BCUT2D eigenvalue weighted by molar-refractivity contribution is 6.93. The van der Waals surface area contributed by atoms with Crippen molar-refractivity contribution in [2.75, 3.05) is 4.81 Å². The van der Waals surface area contributed by atoms with Gasteiger partial charge in [-0.15, -0.1) is 0 Å². The van der Waals surface area contributed by atoms with Crippen LogP contribution in [0.2, 0.25) is 0 Å². The van der Waals surface area contributed by atoms with Gasteiger partial charge in [0.1, 0.15) is 22.4 Å². The number of furan rings is 2. The Morgan fingerprint density at radius 2 is 1.17 bits per heavy atom. The molecule has 1 aliphatic carbocycles. The van der Waals surface area contributed by atoms with Crippen molar-refractivity contribution in [2.24, 2.45) is 0 Å². The number of hydrogen-bond acceptors (Lipinski definition) is 3. The average Bonchev–Trinajstić information content (AvgIpc) is 4.06. The van der Waals surface area contributed by atoms with E-state index in [2.05, 4.69) is 231 Å². The fourth-order valence-electron chi connectivity index (χ4n) is 12.6. The predicted molar refractivity (Wildman–Crippen MR) is 296 cm³/mol. The molecule has 14 rings (SSSR count). The van der Waals surface area contributed by atoms with Gasteiger partial charge in [-0.3, -0.25) is 0 Å². The summed E-state index contributed by atoms with van der Waals surface area (Å²) in [7, 11) is 0. The minimum Gasteiger partial charge on any atom is -0.466 e. The van der Waals surface area contributed by atoms with Crippen molar-refractivity contribution >= 4 is 84.1 Å². The predicted octanol–water partition coefficient (Wildman–Crippen LogP) is 16.5. The molecule has 0 unspecified atom stereocenters. The number of rotatable bonds is 2. The molecule has 0 radical (unpaired) electrons. The Labute approximate surface area is 410 Å². The lowest BCUT2D eigenvalue weighted by Gasteiger charge is -2.41. The molecular formula is C65H57BN2O2. The summed E-state index contributed by atoms with van der Waals surface area (Å²) in [6.45, 7) is 25.3. The van der Waals surface area contributed by atoms with Crippen LogP contribution in [0.25, 0.3) is 93.8 Å². The van der Waals surface area contributed by atoms with E-state index in [1.54, 1.807) is 0 Å². The van der Waals surface area contributed by atoms with Gasteiger partial charge in [0.05, 0.1) is 22.1 Å². The van der Waals surface area contributed by atoms with Crippen LogP contribution in [0.15, 0.2) is 154 Å². The number of fused-ring (bicyclic) bond motifs is 18. The summed E-state index contributed by atoms with van der Waals surface area (Å²) in [5.74, 6) is 0. The second kappa shape index (κ2) is 13.5. The Morgan fingerprint density at radius 3 is 1.91 bits per heavy atom. The molecule has 0 bridgehead atoms. The zero-order chi connectivity index (χ0) is 48.1. The highest BCUT2D eigenvalue weighted by atomic mass is 16.3. The number of benzene rings is 8. The van der Waals surface area contributed by atoms with E-state index in [1.165, 1.54) is 83.1 Å². The SMILES string of the molecule is CC(C)(C)c1ccc(N2B3c4oc5cc(-c6ccccc6)ccc5c4-n4c5ccc(C(C)(C)C)cc5c5c6oc7ccccc7c6c(c3c54)-c3cc4c(cc32)C(C)(C)c2cc(C(C)(C)C)ccc2-4)cc1. The van der Waals surface area contributed by atoms with Crippen LogP contribution in [0.3, 0.4) is 0 Å². The normalized spacial score (nSPS) is 14.8. The van der Waals surface area contributed by atoms with E-state index in [9.17, 15) is 0 Å². The molecule has 0 fully saturated rings. The molecule has 342 valence electrons. The van der Waals surface area contributed by atoms with E-state index in [0.717, 1.165) is 61.0 Å². The lowest BCUT2D eigenvalue weighted by Crippen LogP contribution is -2.60. The number of hydrogen-bond donors (Lipinski definition) is 0. The standard InChI is InChI=1S/C65H57BN2O2/c1-62(2,3)38-22-26-41(27-23-38)68-51-35-49-45(42-29-24-40(64(7,8)9)33-48(42)65(49,10)11)34-47(51)54-55-43-19-15-16-20-52(43)69-60(55)56-46-32-39(63(4,5)6)25-30-50(46)67-58-44-28-21-37(36-17-13-12-14-18-36)31-53(44)70-61(58)66(68)57(54)59(56)67/h12-35H,1-11H3. The van der Waals surface area contributed by atoms with E-state index in [0.29, 0.717) is 0 Å². The van der Waals surface area contributed by atoms with Gasteiger partial charge < -0.3 is 18.2 Å². The maximum atomic E-state index is 7.60. The zero-order valence-electron chi connectivity index (χ0n) is 42.1. The van der Waals surface area contributed by atoms with Gasteiger partial charge in [0.2, 0.25) is 0 Å². The fraction of sp³-hybridized carbons (Fsp3) is 0.231. The van der Waals surface area contributed by atoms with E-state index < -0.39 is 0 Å². The third-order valence-electron chi connectivity index (χ3n) is 16.4. The van der Waals surface area contributed by atoms with Gasteiger partial charge in [-0.2, -0.15) is 0 Å². The van der Waals surface area contributed by atoms with Crippen molar-refractivity contribution in [1.29, 1.82) is 0 Å². The molecule has 5 heterocycles. The van der Waals surface area contributed by atoms with Gasteiger partial charge in [0.25, 0.3) is 0 Å². The number of aromatic nitrogens is 1. The van der Waals surface area contributed by atoms with Crippen molar-refractivity contribution in [3.05, 3.63) is 173 Å². The van der Waals surface area contributed by atoms with Gasteiger partial charge in [-0.05, 0) is 132 Å². The lowest BCUT2D eigenvalue weighted by molar-refractivity contribution is 0.584. The van der Waals surface area contributed by atoms with E-state index in [-0.39, 0.29) is 28.5 Å². The largest absolute Gasteiger partial charge is 0.466 e. The first-order valence-electron chi connectivity index (χ1n) is 25.2. The Bertz CT molecular complexity index is 4080. The molecule has 0 saturated carbocycles. The second-order valence-corrected chi connectivity index (χ2v) is 24.1. The molecule has 3 aromatic heterocycles. The summed E-state index contributed by atoms with van der Waals surface area (Å²) in [6, 6.07) is 55.1. The van der Waals surface area contributed by atoms with Gasteiger partial charge in [0, 0.05) is 43.9 Å². The molecular weight excluding hydrogens is 852 g/mol. The third-order valence-corrected chi connectivity index (χ3v) is 16.4. The van der Waals surface area contributed by atoms with Crippen LogP contribution in [0.1, 0.15) is 104 Å². The van der Waals surface area contributed by atoms with Crippen LogP contribution in [-0.2, 0) is 21.7 Å². The summed E-state index contributed by atoms with van der Waals surface area (Å²) < 4.78 is 17.5. The van der Waals surface area contributed by atoms with Crippen LogP contribution in [0.4, 0.5) is 11.4 Å². The molecule has 5 heteroatoms. The number of para-hydroxylation sites is 1. The number of anilines is 2. The Balaban J connectivity index is 1.19. The van der Waals surface area contributed by atoms with Gasteiger partial charge in [-0.25, -0.2) is 0 Å². The topological polar surface area (TPSA) is 34.5 Å². The molecule has 0 amide bonds. The third kappa shape index (κ3) is 5.49. The maximum Gasteiger partial charge on any atom is 0.376 e. The van der Waals surface area contributed by atoms with Crippen LogP contribution in [0.5, 0.6) is 0 Å². The van der Waals surface area contributed by atoms with Crippen LogP contribution in [-0.4, -0.2) is 11.4 Å². The Morgan fingerprint density at radius 1 is 0.500 bits per heavy atom. The number of nitrogens with zero attached hydrogens (tertiary/aromatic N) is 2. The molecule has 2 aliphatic heterocycles. The van der Waals surface area contributed by atoms with Crippen LogP contribution in [0, 0.1) is 0 Å². The summed E-state index contributed by atoms with van der Waals surface area (Å²) in [5.41, 5.74) is 24.4. The van der Waals surface area contributed by atoms with E-state index >= 15 is 0 Å². The summed E-state index contributed by atoms with van der Waals surface area (Å²) in [4.78, 5) is 2.64. The molecule has 0 spiro atoms. The molecule has 11 aromatic rings. The van der Waals surface area contributed by atoms with Gasteiger partial charge in [0.15, 0.2) is 0 Å². The molecule has 8 aromatic carbocycles. The van der Waals surface area contributed by atoms with Gasteiger partial charge >= 0.3 is 6.85 Å². The summed E-state index contributed by atoms with van der Waals surface area (Å²) >= 11 is 0. The minimum atomic E-state index is -0.317. The molecule has 70 heavy (non-hydrogen) atoms. The van der Waals surface area contributed by atoms with Crippen molar-refractivity contribution in [2.45, 2.75) is 97.8 Å². The van der Waals surface area contributed by atoms with Crippen molar-refractivity contribution < 1.29 is 8.83 Å². The van der Waals surface area contributed by atoms with Crippen molar-refractivity contribution in [3.63, 3.8) is 0 Å². The highest BCUT2D eigenvalue weighted by Gasteiger charge is 2.50. The first kappa shape index (κ1) is 41.7. The quantitative estimate of drug-likeness (QED) is 0.162. The fourth-order valence-corrected chi connectivity index (χ4v) is 12.6. The molecule has 0 saturated heterocycles. The Kier molecular flexibility index (Phi) is 8.07. The monoisotopic (exact) mass is 908 g/mol.